The molecular weight excluding hydrogens is 216 g/mol. The lowest BCUT2D eigenvalue weighted by Crippen LogP contribution is -1.85. The summed E-state index contributed by atoms with van der Waals surface area (Å²) in [5.74, 6) is 1.08. The van der Waals surface area contributed by atoms with Gasteiger partial charge in [-0.2, -0.15) is 0 Å². The topological polar surface area (TPSA) is 20.2 Å². The Bertz CT molecular complexity index is 453. The molecule has 0 unspecified atom stereocenters. The summed E-state index contributed by atoms with van der Waals surface area (Å²) in [6.45, 7) is 0.304. The third-order valence-corrected chi connectivity index (χ3v) is 3.62. The fourth-order valence-corrected chi connectivity index (χ4v) is 2.62. The number of fused-ring (bicyclic) bond motifs is 1. The highest BCUT2D eigenvalue weighted by molar-refractivity contribution is 7.99. The van der Waals surface area contributed by atoms with E-state index in [4.69, 9.17) is 5.11 Å². The molecule has 0 aliphatic rings. The van der Waals surface area contributed by atoms with Crippen LogP contribution in [0.25, 0.3) is 10.8 Å². The Balaban J connectivity index is 2.02. The van der Waals surface area contributed by atoms with Gasteiger partial charge in [-0.05, 0) is 41.5 Å². The summed E-state index contributed by atoms with van der Waals surface area (Å²) in [5.41, 5.74) is 0. The van der Waals surface area contributed by atoms with Gasteiger partial charge < -0.3 is 5.11 Å². The maximum Gasteiger partial charge on any atom is 0.0431 e. The molecule has 0 amide bonds. The summed E-state index contributed by atoms with van der Waals surface area (Å²) in [4.78, 5) is 1.32. The smallest absolute Gasteiger partial charge is 0.0431 e. The average Bonchev–Trinajstić information content (AvgIpc) is 2.34. The van der Waals surface area contributed by atoms with Crippen molar-refractivity contribution in [3.05, 3.63) is 42.5 Å². The van der Waals surface area contributed by atoms with Crippen LogP contribution in [0.3, 0.4) is 0 Å². The number of benzene rings is 2. The molecule has 0 spiro atoms. The normalized spacial score (nSPS) is 10.8. The van der Waals surface area contributed by atoms with Gasteiger partial charge in [-0.1, -0.05) is 30.3 Å². The Labute approximate surface area is 100 Å². The largest absolute Gasteiger partial charge is 0.396 e. The van der Waals surface area contributed by atoms with Crippen LogP contribution in [0.2, 0.25) is 0 Å². The molecule has 84 valence electrons. The molecule has 1 N–H and O–H groups in total. The lowest BCUT2D eigenvalue weighted by atomic mass is 10.1. The van der Waals surface area contributed by atoms with Crippen molar-refractivity contribution >= 4 is 22.5 Å². The first kappa shape index (κ1) is 11.5. The van der Waals surface area contributed by atoms with Crippen molar-refractivity contribution in [2.75, 3.05) is 12.4 Å². The van der Waals surface area contributed by atoms with E-state index in [-0.39, 0.29) is 0 Å². The van der Waals surface area contributed by atoms with Gasteiger partial charge in [0.05, 0.1) is 0 Å². The molecule has 2 rings (SSSR count). The van der Waals surface area contributed by atoms with Crippen LogP contribution in [-0.2, 0) is 0 Å². The summed E-state index contributed by atoms with van der Waals surface area (Å²) in [6.07, 6.45) is 1.98. The number of thioether (sulfide) groups is 1. The van der Waals surface area contributed by atoms with Crippen LogP contribution >= 0.6 is 11.8 Å². The van der Waals surface area contributed by atoms with Gasteiger partial charge in [-0.25, -0.2) is 0 Å². The molecular formula is C14H16OS. The number of rotatable bonds is 5. The summed E-state index contributed by atoms with van der Waals surface area (Å²) >= 11 is 1.86. The average molecular weight is 232 g/mol. The fourth-order valence-electron chi connectivity index (χ4n) is 1.66. The van der Waals surface area contributed by atoms with Crippen molar-refractivity contribution in [2.45, 2.75) is 17.7 Å². The van der Waals surface area contributed by atoms with E-state index in [1.54, 1.807) is 0 Å². The maximum absolute atomic E-state index is 8.70. The van der Waals surface area contributed by atoms with Crippen molar-refractivity contribution in [3.8, 4) is 0 Å². The van der Waals surface area contributed by atoms with E-state index in [9.17, 15) is 0 Å². The molecule has 0 bridgehead atoms. The minimum absolute atomic E-state index is 0.304. The van der Waals surface area contributed by atoms with E-state index in [1.165, 1.54) is 15.7 Å². The third kappa shape index (κ3) is 3.00. The van der Waals surface area contributed by atoms with Gasteiger partial charge in [-0.15, -0.1) is 11.8 Å². The molecule has 0 heterocycles. The number of aliphatic hydroxyl groups excluding tert-OH is 1. The first-order chi connectivity index (χ1) is 7.90. The molecule has 2 aromatic carbocycles. The summed E-state index contributed by atoms with van der Waals surface area (Å²) in [5, 5.41) is 11.3. The number of aliphatic hydroxyl groups is 1. The fraction of sp³-hybridized carbons (Fsp3) is 0.286. The van der Waals surface area contributed by atoms with Crippen molar-refractivity contribution in [2.24, 2.45) is 0 Å². The Hall–Kier alpha value is -0.990. The van der Waals surface area contributed by atoms with E-state index < -0.39 is 0 Å². The van der Waals surface area contributed by atoms with Crippen LogP contribution < -0.4 is 0 Å². The van der Waals surface area contributed by atoms with Gasteiger partial charge in [0.25, 0.3) is 0 Å². The van der Waals surface area contributed by atoms with Crippen LogP contribution in [0.15, 0.2) is 47.4 Å². The van der Waals surface area contributed by atoms with Crippen LogP contribution in [0.4, 0.5) is 0 Å². The molecule has 0 saturated heterocycles. The molecule has 16 heavy (non-hydrogen) atoms. The van der Waals surface area contributed by atoms with Gasteiger partial charge in [0.1, 0.15) is 0 Å². The molecule has 0 aliphatic carbocycles. The van der Waals surface area contributed by atoms with Crippen molar-refractivity contribution in [1.82, 2.24) is 0 Å². The SMILES string of the molecule is OCCCCSc1ccc2ccccc2c1. The second kappa shape index (κ2) is 5.92. The van der Waals surface area contributed by atoms with Gasteiger partial charge in [0.15, 0.2) is 0 Å². The number of hydrogen-bond donors (Lipinski definition) is 1. The molecule has 0 radical (unpaired) electrons. The first-order valence-corrected chi connectivity index (χ1v) is 6.61. The van der Waals surface area contributed by atoms with Crippen molar-refractivity contribution in [1.29, 1.82) is 0 Å². The minimum Gasteiger partial charge on any atom is -0.396 e. The molecule has 2 aromatic rings. The van der Waals surface area contributed by atoms with E-state index in [0.29, 0.717) is 6.61 Å². The zero-order valence-corrected chi connectivity index (χ0v) is 10.0. The molecule has 1 nitrogen and oxygen atoms in total. The lowest BCUT2D eigenvalue weighted by molar-refractivity contribution is 0.287. The Kier molecular flexibility index (Phi) is 4.25. The molecule has 0 atom stereocenters. The number of unbranched alkanes of at least 4 members (excludes halogenated alkanes) is 1. The van der Waals surface area contributed by atoms with Crippen LogP contribution in [0, 0.1) is 0 Å². The van der Waals surface area contributed by atoms with Crippen molar-refractivity contribution in [3.63, 3.8) is 0 Å². The second-order valence-electron chi connectivity index (χ2n) is 3.79. The predicted molar refractivity (Wildman–Crippen MR) is 71.0 cm³/mol. The second-order valence-corrected chi connectivity index (χ2v) is 4.96. The molecule has 0 aliphatic heterocycles. The van der Waals surface area contributed by atoms with E-state index >= 15 is 0 Å². The summed E-state index contributed by atoms with van der Waals surface area (Å²) < 4.78 is 0. The highest BCUT2D eigenvalue weighted by Gasteiger charge is 1.96. The van der Waals surface area contributed by atoms with Crippen molar-refractivity contribution < 1.29 is 5.11 Å². The number of hydrogen-bond acceptors (Lipinski definition) is 2. The zero-order chi connectivity index (χ0) is 11.2. The van der Waals surface area contributed by atoms with E-state index in [0.717, 1.165) is 18.6 Å². The lowest BCUT2D eigenvalue weighted by Gasteiger charge is -2.03. The highest BCUT2D eigenvalue weighted by atomic mass is 32.2. The monoisotopic (exact) mass is 232 g/mol. The zero-order valence-electron chi connectivity index (χ0n) is 9.23. The van der Waals surface area contributed by atoms with Crippen LogP contribution in [0.1, 0.15) is 12.8 Å². The van der Waals surface area contributed by atoms with Gasteiger partial charge in [0, 0.05) is 11.5 Å². The Morgan fingerprint density at radius 2 is 1.75 bits per heavy atom. The Morgan fingerprint density at radius 3 is 2.56 bits per heavy atom. The van der Waals surface area contributed by atoms with Gasteiger partial charge >= 0.3 is 0 Å². The van der Waals surface area contributed by atoms with Crippen LogP contribution in [0.5, 0.6) is 0 Å². The summed E-state index contributed by atoms with van der Waals surface area (Å²) in [6, 6.07) is 15.0. The third-order valence-electron chi connectivity index (χ3n) is 2.54. The van der Waals surface area contributed by atoms with E-state index in [2.05, 4.69) is 42.5 Å². The highest BCUT2D eigenvalue weighted by Crippen LogP contribution is 2.24. The maximum atomic E-state index is 8.70. The quantitative estimate of drug-likeness (QED) is 0.626. The standard InChI is InChI=1S/C14H16OS/c15-9-3-4-10-16-14-8-7-12-5-1-2-6-13(12)11-14/h1-2,5-8,11,15H,3-4,9-10H2. The first-order valence-electron chi connectivity index (χ1n) is 5.62. The molecule has 2 heteroatoms. The molecule has 0 saturated carbocycles. The minimum atomic E-state index is 0.304. The van der Waals surface area contributed by atoms with Gasteiger partial charge in [0.2, 0.25) is 0 Å². The molecule has 0 fully saturated rings. The van der Waals surface area contributed by atoms with E-state index in [1.807, 2.05) is 11.8 Å². The predicted octanol–water partition coefficient (Wildman–Crippen LogP) is 3.70. The Morgan fingerprint density at radius 1 is 0.938 bits per heavy atom. The molecule has 0 aromatic heterocycles. The summed E-state index contributed by atoms with van der Waals surface area (Å²) in [7, 11) is 0. The van der Waals surface area contributed by atoms with Crippen LogP contribution in [-0.4, -0.2) is 17.5 Å². The van der Waals surface area contributed by atoms with Gasteiger partial charge in [-0.3, -0.25) is 0 Å².